The van der Waals surface area contributed by atoms with Gasteiger partial charge in [-0.25, -0.2) is 31.5 Å². The largest absolute Gasteiger partial charge is 0.340 e. The molecule has 6 heterocycles. The van der Waals surface area contributed by atoms with E-state index in [1.54, 1.807) is 64.4 Å². The van der Waals surface area contributed by atoms with Gasteiger partial charge in [0.15, 0.2) is 9.84 Å². The summed E-state index contributed by atoms with van der Waals surface area (Å²) in [6.45, 7) is 13.7. The summed E-state index contributed by atoms with van der Waals surface area (Å²) in [5, 5.41) is 1.28. The maximum absolute atomic E-state index is 12.6. The van der Waals surface area contributed by atoms with Crippen molar-refractivity contribution in [2.75, 3.05) is 64.7 Å². The number of hydrogen-bond donors (Lipinski definition) is 1. The Morgan fingerprint density at radius 2 is 0.984 bits per heavy atom. The first-order valence-corrected chi connectivity index (χ1v) is 24.7. The number of imidazole rings is 2. The normalized spacial score (nSPS) is 15.5. The molecule has 15 nitrogen and oxygen atoms in total. The Labute approximate surface area is 378 Å². The molecule has 0 bridgehead atoms. The lowest BCUT2D eigenvalue weighted by atomic mass is 10.1. The van der Waals surface area contributed by atoms with Crippen LogP contribution in [-0.2, 0) is 42.5 Å². The second-order valence-corrected chi connectivity index (χ2v) is 20.4. The Balaban J connectivity index is 0.000000189. The van der Waals surface area contributed by atoms with Gasteiger partial charge in [0.1, 0.15) is 11.3 Å². The number of halogens is 2. The Bertz CT molecular complexity index is 2840. The summed E-state index contributed by atoms with van der Waals surface area (Å²) in [4.78, 5) is 41.6. The smallest absolute Gasteiger partial charge is 0.242 e. The van der Waals surface area contributed by atoms with E-state index < -0.39 is 19.9 Å². The Kier molecular flexibility index (Phi) is 14.3. The predicted octanol–water partition coefficient (Wildman–Crippen LogP) is 5.73. The number of nitrogens with one attached hydrogen (secondary N) is 1. The predicted molar refractivity (Wildman–Crippen MR) is 245 cm³/mol. The summed E-state index contributed by atoms with van der Waals surface area (Å²) in [6, 6.07) is 21.6. The van der Waals surface area contributed by atoms with E-state index >= 15 is 0 Å². The molecule has 4 aromatic heterocycles. The van der Waals surface area contributed by atoms with Crippen molar-refractivity contribution in [3.05, 3.63) is 107 Å². The number of sulfone groups is 1. The van der Waals surface area contributed by atoms with E-state index in [0.717, 1.165) is 60.1 Å². The van der Waals surface area contributed by atoms with E-state index in [9.17, 15) is 26.4 Å². The van der Waals surface area contributed by atoms with Crippen LogP contribution >= 0.6 is 23.2 Å². The number of hydrogen-bond acceptors (Lipinski definition) is 10. The molecule has 1 N–H and O–H groups in total. The van der Waals surface area contributed by atoms with Crippen molar-refractivity contribution >= 4 is 66.2 Å². The molecule has 63 heavy (non-hydrogen) atoms. The van der Waals surface area contributed by atoms with Gasteiger partial charge in [0.2, 0.25) is 21.8 Å². The number of nitrogens with zero attached hydrogens (tertiary/aromatic N) is 8. The van der Waals surface area contributed by atoms with E-state index in [-0.39, 0.29) is 27.4 Å². The fraction of sp³-hybridized carbons (Fsp3) is 0.364. The molecule has 0 saturated carbocycles. The zero-order chi connectivity index (χ0) is 45.1. The molecule has 2 aromatic carbocycles. The van der Waals surface area contributed by atoms with Gasteiger partial charge in [0, 0.05) is 119 Å². The van der Waals surface area contributed by atoms with Crippen LogP contribution in [0.2, 0.25) is 10.0 Å². The number of carbonyl (C=O) groups is 2. The summed E-state index contributed by atoms with van der Waals surface area (Å²) in [5.41, 5.74) is 6.59. The van der Waals surface area contributed by atoms with E-state index in [2.05, 4.69) is 14.5 Å². The standard InChI is InChI=1S/C22H26ClN5O3S.C22H25ClN4O3S/c1-3-24-32(30,31)19-8-9-21-25-22(17-4-6-18(23)7-5-17)20(28(21)14-19)15-26-10-12-27(13-11-26)16(2)29;1-3-31(29,30)19-8-9-21-24-22(17-4-6-18(23)7-5-17)20(27(21)14-19)15-25-10-12-26(13-11-25)16(2)28/h4-9,14,24H,3,10-13,15H2,1-2H3;4-9,14H,3,10-13,15H2,1-2H3. The quantitative estimate of drug-likeness (QED) is 0.170. The van der Waals surface area contributed by atoms with Crippen molar-refractivity contribution in [2.24, 2.45) is 0 Å². The van der Waals surface area contributed by atoms with Gasteiger partial charge in [-0.1, -0.05) is 61.3 Å². The molecule has 334 valence electrons. The molecule has 8 rings (SSSR count). The number of benzene rings is 2. The summed E-state index contributed by atoms with van der Waals surface area (Å²) in [5.74, 6) is 0.213. The highest BCUT2D eigenvalue weighted by Gasteiger charge is 2.26. The number of amides is 2. The number of piperazine rings is 2. The van der Waals surface area contributed by atoms with Crippen LogP contribution in [0.1, 0.15) is 39.1 Å². The first-order chi connectivity index (χ1) is 30.1. The fourth-order valence-corrected chi connectivity index (χ4v) is 9.94. The van der Waals surface area contributed by atoms with Crippen molar-refractivity contribution in [1.82, 2.24) is 43.1 Å². The van der Waals surface area contributed by atoms with Crippen LogP contribution in [0.4, 0.5) is 0 Å². The lowest BCUT2D eigenvalue weighted by Crippen LogP contribution is -2.47. The van der Waals surface area contributed by atoms with E-state index in [4.69, 9.17) is 33.2 Å². The van der Waals surface area contributed by atoms with Gasteiger partial charge in [-0.05, 0) is 48.5 Å². The number of sulfonamides is 1. The molecular weight excluding hydrogens is 886 g/mol. The molecule has 6 aromatic rings. The maximum Gasteiger partial charge on any atom is 0.242 e. The third-order valence-electron chi connectivity index (χ3n) is 11.4. The number of fused-ring (bicyclic) bond motifs is 2. The minimum Gasteiger partial charge on any atom is -0.340 e. The molecule has 2 aliphatic rings. The van der Waals surface area contributed by atoms with Gasteiger partial charge < -0.3 is 18.6 Å². The summed E-state index contributed by atoms with van der Waals surface area (Å²) < 4.78 is 56.4. The highest BCUT2D eigenvalue weighted by molar-refractivity contribution is 7.91. The van der Waals surface area contributed by atoms with Crippen molar-refractivity contribution in [2.45, 2.75) is 50.6 Å². The molecule has 2 aliphatic heterocycles. The van der Waals surface area contributed by atoms with Crippen molar-refractivity contribution in [1.29, 1.82) is 0 Å². The van der Waals surface area contributed by atoms with Crippen molar-refractivity contribution in [3.8, 4) is 22.5 Å². The lowest BCUT2D eigenvalue weighted by molar-refractivity contribution is -0.131. The monoisotopic (exact) mass is 935 g/mol. The number of aromatic nitrogens is 4. The molecule has 0 atom stereocenters. The number of rotatable bonds is 11. The second kappa shape index (κ2) is 19.5. The maximum atomic E-state index is 12.6. The summed E-state index contributed by atoms with van der Waals surface area (Å²) in [6.07, 6.45) is 3.29. The van der Waals surface area contributed by atoms with Crippen LogP contribution in [0.3, 0.4) is 0 Å². The molecular formula is C44H51Cl2N9O6S2. The van der Waals surface area contributed by atoms with Crippen LogP contribution in [0.5, 0.6) is 0 Å². The number of pyridine rings is 2. The van der Waals surface area contributed by atoms with E-state index in [1.165, 1.54) is 0 Å². The lowest BCUT2D eigenvalue weighted by Gasteiger charge is -2.34. The first kappa shape index (κ1) is 46.1. The minimum atomic E-state index is -3.60. The molecule has 0 radical (unpaired) electrons. The fourth-order valence-electron chi connectivity index (χ4n) is 7.78. The Morgan fingerprint density at radius 1 is 0.587 bits per heavy atom. The van der Waals surface area contributed by atoms with Crippen LogP contribution < -0.4 is 4.72 Å². The van der Waals surface area contributed by atoms with Gasteiger partial charge in [0.25, 0.3) is 0 Å². The zero-order valence-corrected chi connectivity index (χ0v) is 38.8. The van der Waals surface area contributed by atoms with Crippen molar-refractivity contribution in [3.63, 3.8) is 0 Å². The van der Waals surface area contributed by atoms with Crippen LogP contribution in [0.15, 0.2) is 95.0 Å². The molecule has 2 amide bonds. The molecule has 0 spiro atoms. The summed E-state index contributed by atoms with van der Waals surface area (Å²) >= 11 is 12.1. The van der Waals surface area contributed by atoms with Crippen LogP contribution in [0, 0.1) is 0 Å². The average Bonchev–Trinajstić information content (AvgIpc) is 3.82. The average molecular weight is 937 g/mol. The first-order valence-electron chi connectivity index (χ1n) is 20.8. The van der Waals surface area contributed by atoms with Crippen molar-refractivity contribution < 1.29 is 26.4 Å². The third kappa shape index (κ3) is 10.6. The van der Waals surface area contributed by atoms with E-state index in [1.807, 2.05) is 67.1 Å². The van der Waals surface area contributed by atoms with Gasteiger partial charge in [-0.2, -0.15) is 0 Å². The Hall–Kier alpha value is -4.88. The third-order valence-corrected chi connectivity index (χ3v) is 15.1. The number of carbonyl (C=O) groups excluding carboxylic acids is 2. The van der Waals surface area contributed by atoms with Crippen LogP contribution in [0.25, 0.3) is 33.8 Å². The van der Waals surface area contributed by atoms with Gasteiger partial charge in [-0.15, -0.1) is 0 Å². The minimum absolute atomic E-state index is 0.0413. The molecule has 2 saturated heterocycles. The van der Waals surface area contributed by atoms with E-state index in [0.29, 0.717) is 67.2 Å². The summed E-state index contributed by atoms with van der Waals surface area (Å²) in [7, 11) is -6.94. The molecule has 2 fully saturated rings. The zero-order valence-electron chi connectivity index (χ0n) is 35.7. The SMILES string of the molecule is CCNS(=O)(=O)c1ccc2nc(-c3ccc(Cl)cc3)c(CN3CCN(C(C)=O)CC3)n2c1.CCS(=O)(=O)c1ccc2nc(-c3ccc(Cl)cc3)c(CN3CCN(C(C)=O)CC3)n2c1. The van der Waals surface area contributed by atoms with Gasteiger partial charge in [0.05, 0.1) is 38.3 Å². The highest BCUT2D eigenvalue weighted by Crippen LogP contribution is 2.30. The molecule has 0 unspecified atom stereocenters. The van der Waals surface area contributed by atoms with Crippen LogP contribution in [-0.4, -0.2) is 132 Å². The van der Waals surface area contributed by atoms with Gasteiger partial charge >= 0.3 is 0 Å². The topological polar surface area (TPSA) is 162 Å². The highest BCUT2D eigenvalue weighted by atomic mass is 35.5. The molecule has 0 aliphatic carbocycles. The van der Waals surface area contributed by atoms with Gasteiger partial charge in [-0.3, -0.25) is 19.4 Å². The Morgan fingerprint density at radius 3 is 1.37 bits per heavy atom. The molecule has 19 heteroatoms. The second-order valence-electron chi connectivity index (χ2n) is 15.5.